The summed E-state index contributed by atoms with van der Waals surface area (Å²) in [4.78, 5) is 4.13. The molecule has 0 radical (unpaired) electrons. The van der Waals surface area contributed by atoms with Crippen LogP contribution < -0.4 is 10.1 Å². The lowest BCUT2D eigenvalue weighted by Gasteiger charge is -2.09. The van der Waals surface area contributed by atoms with E-state index < -0.39 is 0 Å². The van der Waals surface area contributed by atoms with E-state index in [1.165, 1.54) is 0 Å². The third-order valence-corrected chi connectivity index (χ3v) is 2.67. The highest BCUT2D eigenvalue weighted by atomic mass is 16.5. The van der Waals surface area contributed by atoms with Gasteiger partial charge in [0.25, 0.3) is 0 Å². The maximum absolute atomic E-state index is 9.63. The number of pyridine rings is 1. The number of hydrogen-bond acceptors (Lipinski definition) is 4. The van der Waals surface area contributed by atoms with E-state index in [9.17, 15) is 5.11 Å². The summed E-state index contributed by atoms with van der Waals surface area (Å²) in [5.41, 5.74) is 1.87. The molecular weight excluding hydrogens is 228 g/mol. The van der Waals surface area contributed by atoms with Gasteiger partial charge in [-0.2, -0.15) is 0 Å². The molecule has 2 aromatic rings. The van der Waals surface area contributed by atoms with Crippen LogP contribution in [-0.4, -0.2) is 17.2 Å². The van der Waals surface area contributed by atoms with Gasteiger partial charge in [0, 0.05) is 30.4 Å². The molecule has 4 nitrogen and oxygen atoms in total. The minimum atomic E-state index is 0.308. The predicted octanol–water partition coefficient (Wildman–Crippen LogP) is 2.09. The lowest BCUT2D eigenvalue weighted by atomic mass is 10.2. The van der Waals surface area contributed by atoms with Crippen LogP contribution >= 0.6 is 0 Å². The van der Waals surface area contributed by atoms with Crippen molar-refractivity contribution in [2.45, 2.75) is 13.1 Å². The number of aromatic nitrogens is 1. The molecule has 18 heavy (non-hydrogen) atoms. The topological polar surface area (TPSA) is 54.4 Å². The zero-order chi connectivity index (χ0) is 12.8. The molecule has 4 heteroatoms. The van der Waals surface area contributed by atoms with Crippen LogP contribution in [-0.2, 0) is 13.1 Å². The summed E-state index contributed by atoms with van der Waals surface area (Å²) >= 11 is 0. The lowest BCUT2D eigenvalue weighted by Crippen LogP contribution is -2.13. The Morgan fingerprint density at radius 1 is 1.11 bits per heavy atom. The average Bonchev–Trinajstić information content (AvgIpc) is 2.41. The maximum atomic E-state index is 9.63. The third-order valence-electron chi connectivity index (χ3n) is 2.67. The van der Waals surface area contributed by atoms with Crippen LogP contribution in [0, 0.1) is 0 Å². The minimum absolute atomic E-state index is 0.308. The van der Waals surface area contributed by atoms with Crippen LogP contribution in [0.25, 0.3) is 0 Å². The number of hydrogen-bond donors (Lipinski definition) is 2. The zero-order valence-corrected chi connectivity index (χ0v) is 10.3. The van der Waals surface area contributed by atoms with Gasteiger partial charge in [0.05, 0.1) is 7.11 Å². The molecule has 0 aliphatic heterocycles. The van der Waals surface area contributed by atoms with Gasteiger partial charge in [0.15, 0.2) is 0 Å². The smallest absolute Gasteiger partial charge is 0.217 e. The summed E-state index contributed by atoms with van der Waals surface area (Å²) in [6.07, 6.45) is 1.70. The van der Waals surface area contributed by atoms with Gasteiger partial charge in [-0.3, -0.25) is 0 Å². The van der Waals surface area contributed by atoms with E-state index in [2.05, 4.69) is 10.3 Å². The summed E-state index contributed by atoms with van der Waals surface area (Å²) < 4.78 is 5.17. The molecule has 0 fully saturated rings. The Labute approximate surface area is 106 Å². The number of aromatic hydroxyl groups is 1. The molecule has 0 amide bonds. The number of phenols is 1. The Morgan fingerprint density at radius 2 is 1.83 bits per heavy atom. The van der Waals surface area contributed by atoms with Crippen molar-refractivity contribution in [3.05, 3.63) is 53.7 Å². The fraction of sp³-hybridized carbons (Fsp3) is 0.214. The Morgan fingerprint density at radius 3 is 2.61 bits per heavy atom. The van der Waals surface area contributed by atoms with Crippen molar-refractivity contribution in [2.24, 2.45) is 0 Å². The molecule has 0 saturated carbocycles. The van der Waals surface area contributed by atoms with Gasteiger partial charge >= 0.3 is 0 Å². The number of para-hydroxylation sites is 1. The Kier molecular flexibility index (Phi) is 4.15. The Bertz CT molecular complexity index is 515. The molecule has 1 heterocycles. The summed E-state index contributed by atoms with van der Waals surface area (Å²) in [5, 5.41) is 12.9. The first kappa shape index (κ1) is 12.4. The van der Waals surface area contributed by atoms with E-state index in [0.717, 1.165) is 11.1 Å². The van der Waals surface area contributed by atoms with E-state index in [1.807, 2.05) is 30.3 Å². The highest BCUT2D eigenvalue weighted by Crippen LogP contribution is 2.16. The largest absolute Gasteiger partial charge is 0.508 e. The van der Waals surface area contributed by atoms with E-state index in [0.29, 0.717) is 24.7 Å². The van der Waals surface area contributed by atoms with Gasteiger partial charge in [0.2, 0.25) is 5.88 Å². The van der Waals surface area contributed by atoms with Gasteiger partial charge in [-0.1, -0.05) is 24.3 Å². The zero-order valence-electron chi connectivity index (χ0n) is 10.3. The summed E-state index contributed by atoms with van der Waals surface area (Å²) in [6.45, 7) is 1.25. The van der Waals surface area contributed by atoms with Crippen LogP contribution in [0.4, 0.5) is 0 Å². The fourth-order valence-corrected chi connectivity index (χ4v) is 1.73. The molecular formula is C14H16N2O2. The predicted molar refractivity (Wildman–Crippen MR) is 69.4 cm³/mol. The first-order chi connectivity index (χ1) is 8.81. The van der Waals surface area contributed by atoms with Crippen molar-refractivity contribution in [3.8, 4) is 11.6 Å². The first-order valence-corrected chi connectivity index (χ1v) is 5.76. The fourth-order valence-electron chi connectivity index (χ4n) is 1.73. The lowest BCUT2D eigenvalue weighted by molar-refractivity contribution is 0.390. The molecule has 0 atom stereocenters. The van der Waals surface area contributed by atoms with E-state index in [1.54, 1.807) is 19.4 Å². The molecule has 2 N–H and O–H groups in total. The number of nitrogens with zero attached hydrogens (tertiary/aromatic N) is 1. The summed E-state index contributed by atoms with van der Waals surface area (Å²) in [6, 6.07) is 11.1. The average molecular weight is 244 g/mol. The monoisotopic (exact) mass is 244 g/mol. The highest BCUT2D eigenvalue weighted by Gasteiger charge is 2.03. The maximum Gasteiger partial charge on any atom is 0.217 e. The summed E-state index contributed by atoms with van der Waals surface area (Å²) in [5.74, 6) is 0.936. The van der Waals surface area contributed by atoms with Crippen molar-refractivity contribution in [1.29, 1.82) is 0 Å². The van der Waals surface area contributed by atoms with Gasteiger partial charge in [-0.25, -0.2) is 4.98 Å². The van der Waals surface area contributed by atoms with Crippen LogP contribution in [0.3, 0.4) is 0 Å². The molecule has 0 spiro atoms. The second kappa shape index (κ2) is 6.02. The molecule has 0 unspecified atom stereocenters. The molecule has 1 aromatic heterocycles. The normalized spacial score (nSPS) is 10.3. The number of rotatable bonds is 5. The van der Waals surface area contributed by atoms with Gasteiger partial charge in [-0.05, 0) is 12.1 Å². The molecule has 94 valence electrons. The number of benzene rings is 1. The van der Waals surface area contributed by atoms with Crippen molar-refractivity contribution < 1.29 is 9.84 Å². The standard InChI is InChI=1S/C14H16N2O2/c1-18-14-12(6-4-8-16-14)10-15-9-11-5-2-3-7-13(11)17/h2-8,15,17H,9-10H2,1H3. The van der Waals surface area contributed by atoms with Gasteiger partial charge in [-0.15, -0.1) is 0 Å². The van der Waals surface area contributed by atoms with E-state index in [4.69, 9.17) is 4.74 Å². The van der Waals surface area contributed by atoms with Crippen molar-refractivity contribution in [1.82, 2.24) is 10.3 Å². The number of methoxy groups -OCH3 is 1. The van der Waals surface area contributed by atoms with Crippen LogP contribution in [0.1, 0.15) is 11.1 Å². The third kappa shape index (κ3) is 2.99. The molecule has 0 saturated heterocycles. The molecule has 0 aliphatic rings. The van der Waals surface area contributed by atoms with Gasteiger partial charge in [0.1, 0.15) is 5.75 Å². The minimum Gasteiger partial charge on any atom is -0.508 e. The molecule has 0 aliphatic carbocycles. The summed E-state index contributed by atoms with van der Waals surface area (Å²) in [7, 11) is 1.61. The van der Waals surface area contributed by atoms with Crippen LogP contribution in [0.2, 0.25) is 0 Å². The Hall–Kier alpha value is -2.07. The van der Waals surface area contributed by atoms with Crippen LogP contribution in [0.5, 0.6) is 11.6 Å². The second-order valence-electron chi connectivity index (χ2n) is 3.90. The van der Waals surface area contributed by atoms with Gasteiger partial charge < -0.3 is 15.2 Å². The Balaban J connectivity index is 1.95. The first-order valence-electron chi connectivity index (χ1n) is 5.76. The van der Waals surface area contributed by atoms with E-state index in [-0.39, 0.29) is 0 Å². The number of ether oxygens (including phenoxy) is 1. The van der Waals surface area contributed by atoms with Crippen molar-refractivity contribution in [3.63, 3.8) is 0 Å². The highest BCUT2D eigenvalue weighted by molar-refractivity contribution is 5.32. The number of nitrogens with one attached hydrogen (secondary N) is 1. The molecule has 0 bridgehead atoms. The van der Waals surface area contributed by atoms with Crippen molar-refractivity contribution >= 4 is 0 Å². The molecule has 1 aromatic carbocycles. The number of phenolic OH excluding ortho intramolecular Hbond substituents is 1. The quantitative estimate of drug-likeness (QED) is 0.845. The van der Waals surface area contributed by atoms with Crippen LogP contribution in [0.15, 0.2) is 42.6 Å². The van der Waals surface area contributed by atoms with E-state index >= 15 is 0 Å². The SMILES string of the molecule is COc1ncccc1CNCc1ccccc1O. The van der Waals surface area contributed by atoms with Crippen molar-refractivity contribution in [2.75, 3.05) is 7.11 Å². The second-order valence-corrected chi connectivity index (χ2v) is 3.90. The molecule has 2 rings (SSSR count).